The van der Waals surface area contributed by atoms with Gasteiger partial charge in [-0.15, -0.1) is 0 Å². The van der Waals surface area contributed by atoms with Crippen LogP contribution in [0.25, 0.3) is 0 Å². The number of nitro groups is 1. The van der Waals surface area contributed by atoms with Crippen molar-refractivity contribution in [3.8, 4) is 0 Å². The minimum atomic E-state index is -0.417. The van der Waals surface area contributed by atoms with Gasteiger partial charge in [-0.25, -0.2) is 4.79 Å². The number of nitrogens with one attached hydrogen (secondary N) is 1. The van der Waals surface area contributed by atoms with Gasteiger partial charge in [0.15, 0.2) is 0 Å². The van der Waals surface area contributed by atoms with Crippen molar-refractivity contribution in [1.82, 2.24) is 5.32 Å². The number of amides is 2. The van der Waals surface area contributed by atoms with Crippen LogP contribution in [0.3, 0.4) is 0 Å². The van der Waals surface area contributed by atoms with Crippen molar-refractivity contribution in [2.24, 2.45) is 10.9 Å². The van der Waals surface area contributed by atoms with Crippen molar-refractivity contribution in [3.63, 3.8) is 0 Å². The predicted octanol–water partition coefficient (Wildman–Crippen LogP) is 3.41. The van der Waals surface area contributed by atoms with Crippen LogP contribution in [-0.4, -0.2) is 16.7 Å². The van der Waals surface area contributed by atoms with E-state index in [4.69, 9.17) is 0 Å². The van der Waals surface area contributed by atoms with E-state index < -0.39 is 11.0 Å². The second-order valence-corrected chi connectivity index (χ2v) is 6.08. The molecule has 0 saturated heterocycles. The summed E-state index contributed by atoms with van der Waals surface area (Å²) in [5, 5.41) is 13.9. The third kappa shape index (κ3) is 2.36. The molecule has 0 saturated carbocycles. The summed E-state index contributed by atoms with van der Waals surface area (Å²) in [5.74, 6) is 0.0274. The van der Waals surface area contributed by atoms with Gasteiger partial charge in [0.2, 0.25) is 0 Å². The molecule has 120 valence electrons. The smallest absolute Gasteiger partial charge is 0.329 e. The first-order chi connectivity index (χ1) is 11.6. The maximum absolute atomic E-state index is 12.1. The van der Waals surface area contributed by atoms with E-state index in [0.717, 1.165) is 29.7 Å². The van der Waals surface area contributed by atoms with E-state index >= 15 is 0 Å². The number of non-ortho nitro benzene ring substituents is 1. The highest BCUT2D eigenvalue weighted by molar-refractivity contribution is 6.11. The number of hydrogen-bond donors (Lipinski definition) is 1. The Bertz CT molecular complexity index is 875. The number of urea groups is 1. The molecular formula is C18H15N3O3. The first-order valence-corrected chi connectivity index (χ1v) is 7.85. The Morgan fingerprint density at radius 3 is 2.83 bits per heavy atom. The molecule has 4 rings (SSSR count). The van der Waals surface area contributed by atoms with Gasteiger partial charge in [-0.05, 0) is 29.5 Å². The lowest BCUT2D eigenvalue weighted by atomic mass is 9.75. The van der Waals surface area contributed by atoms with Crippen molar-refractivity contribution in [2.75, 3.05) is 0 Å². The SMILES string of the molecule is O=C1N=C2c3ccccc3CCC2C(c2cccc([N+](=O)[O-])c2)N1. The first kappa shape index (κ1) is 14.6. The van der Waals surface area contributed by atoms with Crippen LogP contribution in [0.5, 0.6) is 0 Å². The molecule has 1 N–H and O–H groups in total. The normalized spacial score (nSPS) is 22.0. The average molecular weight is 321 g/mol. The quantitative estimate of drug-likeness (QED) is 0.679. The molecule has 2 atom stereocenters. The summed E-state index contributed by atoms with van der Waals surface area (Å²) >= 11 is 0. The summed E-state index contributed by atoms with van der Waals surface area (Å²) in [5.41, 5.74) is 3.77. The molecule has 0 aromatic heterocycles. The zero-order valence-corrected chi connectivity index (χ0v) is 12.8. The summed E-state index contributed by atoms with van der Waals surface area (Å²) in [7, 11) is 0. The number of carbonyl (C=O) groups is 1. The van der Waals surface area contributed by atoms with Gasteiger partial charge in [-0.3, -0.25) is 10.1 Å². The molecule has 1 heterocycles. The fraction of sp³-hybridized carbons (Fsp3) is 0.222. The molecule has 1 aliphatic heterocycles. The third-order valence-corrected chi connectivity index (χ3v) is 4.71. The van der Waals surface area contributed by atoms with Gasteiger partial charge in [0.25, 0.3) is 5.69 Å². The second kappa shape index (κ2) is 5.56. The second-order valence-electron chi connectivity index (χ2n) is 6.08. The highest BCUT2D eigenvalue weighted by Crippen LogP contribution is 2.37. The van der Waals surface area contributed by atoms with E-state index in [-0.39, 0.29) is 17.6 Å². The molecule has 0 radical (unpaired) electrons. The molecule has 0 bridgehead atoms. The van der Waals surface area contributed by atoms with E-state index in [1.807, 2.05) is 24.3 Å². The van der Waals surface area contributed by atoms with Crippen LogP contribution in [0.1, 0.15) is 29.2 Å². The molecule has 2 aromatic carbocycles. The fourth-order valence-electron chi connectivity index (χ4n) is 3.63. The van der Waals surface area contributed by atoms with Crippen molar-refractivity contribution in [2.45, 2.75) is 18.9 Å². The van der Waals surface area contributed by atoms with Gasteiger partial charge in [-0.2, -0.15) is 4.99 Å². The van der Waals surface area contributed by atoms with Crippen LogP contribution in [0.2, 0.25) is 0 Å². The number of nitro benzene ring substituents is 1. The Labute approximate surface area is 138 Å². The molecule has 6 nitrogen and oxygen atoms in total. The molecule has 0 spiro atoms. The number of benzene rings is 2. The number of aliphatic imine (C=N–C) groups is 1. The molecule has 2 unspecified atom stereocenters. The van der Waals surface area contributed by atoms with Crippen molar-refractivity contribution in [1.29, 1.82) is 0 Å². The number of carbonyl (C=O) groups excluding carboxylic acids is 1. The molecule has 1 aliphatic carbocycles. The first-order valence-electron chi connectivity index (χ1n) is 7.85. The third-order valence-electron chi connectivity index (χ3n) is 4.71. The maximum atomic E-state index is 12.1. The Hall–Kier alpha value is -3.02. The fourth-order valence-corrected chi connectivity index (χ4v) is 3.63. The van der Waals surface area contributed by atoms with E-state index in [2.05, 4.69) is 16.4 Å². The average Bonchev–Trinajstić information content (AvgIpc) is 2.61. The largest absolute Gasteiger partial charge is 0.341 e. The molecule has 2 aromatic rings. The van der Waals surface area contributed by atoms with Gasteiger partial charge < -0.3 is 5.32 Å². The summed E-state index contributed by atoms with van der Waals surface area (Å²) in [6, 6.07) is 13.8. The van der Waals surface area contributed by atoms with Crippen LogP contribution in [0.15, 0.2) is 53.5 Å². The van der Waals surface area contributed by atoms with E-state index in [9.17, 15) is 14.9 Å². The van der Waals surface area contributed by atoms with Crippen LogP contribution in [0, 0.1) is 16.0 Å². The Morgan fingerprint density at radius 2 is 2.00 bits per heavy atom. The summed E-state index contributed by atoms with van der Waals surface area (Å²) in [6.45, 7) is 0. The number of aryl methyl sites for hydroxylation is 1. The molecule has 0 fully saturated rings. The molecule has 2 aliphatic rings. The maximum Gasteiger partial charge on any atom is 0.341 e. The lowest BCUT2D eigenvalue weighted by Crippen LogP contribution is -2.43. The number of hydrogen-bond acceptors (Lipinski definition) is 3. The Morgan fingerprint density at radius 1 is 1.17 bits per heavy atom. The molecular weight excluding hydrogens is 306 g/mol. The summed E-state index contributed by atoms with van der Waals surface area (Å²) < 4.78 is 0. The van der Waals surface area contributed by atoms with E-state index in [1.54, 1.807) is 6.07 Å². The van der Waals surface area contributed by atoms with Crippen molar-refractivity contribution < 1.29 is 9.72 Å². The van der Waals surface area contributed by atoms with Gasteiger partial charge in [-0.1, -0.05) is 36.4 Å². The standard InChI is InChI=1S/C18H15N3O3/c22-18-19-16(12-5-3-6-13(10-12)21(23)24)15-9-8-11-4-1-2-7-14(11)17(15)20-18/h1-7,10,15-16H,8-9H2,(H,19,22). The van der Waals surface area contributed by atoms with Crippen LogP contribution in [0.4, 0.5) is 10.5 Å². The monoisotopic (exact) mass is 321 g/mol. The predicted molar refractivity (Wildman–Crippen MR) is 89.2 cm³/mol. The van der Waals surface area contributed by atoms with Crippen molar-refractivity contribution in [3.05, 3.63) is 75.3 Å². The zero-order valence-electron chi connectivity index (χ0n) is 12.8. The van der Waals surface area contributed by atoms with E-state index in [0.29, 0.717) is 0 Å². The Kier molecular flexibility index (Phi) is 3.37. The van der Waals surface area contributed by atoms with Gasteiger partial charge in [0.05, 0.1) is 16.7 Å². The zero-order chi connectivity index (χ0) is 16.7. The van der Waals surface area contributed by atoms with Gasteiger partial charge >= 0.3 is 6.03 Å². The van der Waals surface area contributed by atoms with Crippen LogP contribution < -0.4 is 5.32 Å². The Balaban J connectivity index is 1.78. The lowest BCUT2D eigenvalue weighted by Gasteiger charge is -2.36. The lowest BCUT2D eigenvalue weighted by molar-refractivity contribution is -0.384. The van der Waals surface area contributed by atoms with E-state index in [1.165, 1.54) is 17.7 Å². The van der Waals surface area contributed by atoms with Gasteiger partial charge in [0, 0.05) is 18.1 Å². The molecule has 6 heteroatoms. The van der Waals surface area contributed by atoms with Crippen molar-refractivity contribution >= 4 is 17.4 Å². The minimum Gasteiger partial charge on any atom is -0.329 e. The van der Waals surface area contributed by atoms with Crippen LogP contribution in [-0.2, 0) is 6.42 Å². The highest BCUT2D eigenvalue weighted by Gasteiger charge is 2.37. The topological polar surface area (TPSA) is 84.6 Å². The number of fused-ring (bicyclic) bond motifs is 3. The molecule has 2 amide bonds. The summed E-state index contributed by atoms with van der Waals surface area (Å²) in [6.07, 6.45) is 1.75. The number of rotatable bonds is 2. The number of nitrogens with zero attached hydrogens (tertiary/aromatic N) is 2. The highest BCUT2D eigenvalue weighted by atomic mass is 16.6. The summed E-state index contributed by atoms with van der Waals surface area (Å²) in [4.78, 5) is 26.9. The van der Waals surface area contributed by atoms with Gasteiger partial charge in [0.1, 0.15) is 0 Å². The van der Waals surface area contributed by atoms with Crippen LogP contribution >= 0.6 is 0 Å². The molecule has 24 heavy (non-hydrogen) atoms. The minimum absolute atomic E-state index is 0.0274.